The highest BCUT2D eigenvalue weighted by molar-refractivity contribution is 7.71. The van der Waals surface area contributed by atoms with Gasteiger partial charge in [-0.15, -0.1) is 0 Å². The molecule has 0 radical (unpaired) electrons. The van der Waals surface area contributed by atoms with Crippen LogP contribution in [0.3, 0.4) is 0 Å². The molecule has 3 unspecified atom stereocenters. The molecule has 3 aliphatic rings. The topological polar surface area (TPSA) is 87.2 Å². The number of rotatable bonds is 4. The lowest BCUT2D eigenvalue weighted by molar-refractivity contribution is -0.133. The van der Waals surface area contributed by atoms with Crippen molar-refractivity contribution in [2.75, 3.05) is 30.3 Å². The number of carbonyl (C=O) groups is 1. The van der Waals surface area contributed by atoms with E-state index in [1.54, 1.807) is 6.07 Å². The number of aromatic nitrogens is 2. The molecule has 0 bridgehead atoms. The third-order valence-electron chi connectivity index (χ3n) is 8.18. The van der Waals surface area contributed by atoms with Crippen LogP contribution in [-0.2, 0) is 15.8 Å². The van der Waals surface area contributed by atoms with Crippen molar-refractivity contribution in [3.8, 4) is 0 Å². The van der Waals surface area contributed by atoms with E-state index in [1.165, 1.54) is 6.07 Å². The van der Waals surface area contributed by atoms with Crippen molar-refractivity contribution in [1.29, 1.82) is 0 Å². The highest BCUT2D eigenvalue weighted by Crippen LogP contribution is 2.47. The maximum Gasteiger partial charge on any atom is 0.237 e. The van der Waals surface area contributed by atoms with Gasteiger partial charge < -0.3 is 9.46 Å². The minimum Gasteiger partial charge on any atom is -0.340 e. The Hall–Kier alpha value is -2.83. The van der Waals surface area contributed by atoms with Crippen LogP contribution in [0.25, 0.3) is 10.9 Å². The lowest BCUT2D eigenvalue weighted by Gasteiger charge is -2.41. The molecule has 1 aromatic heterocycles. The average molecular weight is 508 g/mol. The summed E-state index contributed by atoms with van der Waals surface area (Å²) in [5.74, 6) is 0.647. The molecule has 2 N–H and O–H groups in total. The molecule has 36 heavy (non-hydrogen) atoms. The first kappa shape index (κ1) is 23.6. The molecule has 3 atom stereocenters. The van der Waals surface area contributed by atoms with Crippen LogP contribution in [0.1, 0.15) is 31.2 Å². The number of anilines is 1. The van der Waals surface area contributed by atoms with E-state index in [4.69, 9.17) is 0 Å². The first-order chi connectivity index (χ1) is 17.5. The second-order valence-corrected chi connectivity index (χ2v) is 13.5. The molecule has 2 aliphatic heterocycles. The lowest BCUT2D eigenvalue weighted by atomic mass is 9.72. The third kappa shape index (κ3) is 4.41. The number of fused-ring (bicyclic) bond motifs is 2. The van der Waals surface area contributed by atoms with E-state index in [2.05, 4.69) is 20.8 Å². The van der Waals surface area contributed by atoms with Crippen molar-refractivity contribution >= 4 is 35.2 Å². The second kappa shape index (κ2) is 9.56. The molecule has 3 heterocycles. The zero-order valence-electron chi connectivity index (χ0n) is 20.2. The van der Waals surface area contributed by atoms with E-state index >= 15 is 4.39 Å². The van der Waals surface area contributed by atoms with Gasteiger partial charge in [-0.05, 0) is 48.9 Å². The van der Waals surface area contributed by atoms with Crippen LogP contribution in [0, 0.1) is 17.7 Å². The minimum atomic E-state index is -2.89. The van der Waals surface area contributed by atoms with Gasteiger partial charge in [0.2, 0.25) is 11.9 Å². The van der Waals surface area contributed by atoms with Crippen molar-refractivity contribution in [3.63, 3.8) is 0 Å². The van der Waals surface area contributed by atoms with Gasteiger partial charge >= 0.3 is 0 Å². The van der Waals surface area contributed by atoms with E-state index in [0.717, 1.165) is 42.1 Å². The quantitative estimate of drug-likeness (QED) is 0.525. The average Bonchev–Trinajstić information content (AvgIpc) is 2.91. The molecule has 7 nitrogen and oxygen atoms in total. The van der Waals surface area contributed by atoms with Gasteiger partial charge in [-0.2, -0.15) is 0 Å². The third-order valence-corrected chi connectivity index (χ3v) is 11.2. The van der Waals surface area contributed by atoms with Crippen molar-refractivity contribution in [2.45, 2.75) is 38.1 Å². The number of nitrogens with zero attached hydrogens (tertiary/aromatic N) is 3. The zero-order chi connectivity index (χ0) is 24.7. The van der Waals surface area contributed by atoms with Gasteiger partial charge in [0.1, 0.15) is 13.0 Å². The van der Waals surface area contributed by atoms with Gasteiger partial charge in [-0.3, -0.25) is 10.2 Å². The molecule has 1 aliphatic carbocycles. The Morgan fingerprint density at radius 3 is 2.75 bits per heavy atom. The maximum atomic E-state index is 15.0. The molecule has 2 saturated heterocycles. The molecular weight excluding hydrogens is 476 g/mol. The van der Waals surface area contributed by atoms with Crippen molar-refractivity contribution < 1.29 is 13.8 Å². The fraction of sp³-hybridized carbons (Fsp3) is 0.444. The minimum absolute atomic E-state index is 0.0462. The number of nitrogens with one attached hydrogen (secondary N) is 2. The molecule has 1 saturated carbocycles. The Morgan fingerprint density at radius 1 is 1.08 bits per heavy atom. The molecular formula is C27H31FN5O2P. The Morgan fingerprint density at radius 2 is 1.89 bits per heavy atom. The smallest absolute Gasteiger partial charge is 0.237 e. The largest absolute Gasteiger partial charge is 0.340 e. The number of hydrogen-bond donors (Lipinski definition) is 2. The highest BCUT2D eigenvalue weighted by atomic mass is 31.2. The van der Waals surface area contributed by atoms with Gasteiger partial charge in [0.05, 0.1) is 5.52 Å². The number of halogens is 1. The van der Waals surface area contributed by atoms with Gasteiger partial charge in [0, 0.05) is 54.3 Å². The van der Waals surface area contributed by atoms with Crippen LogP contribution >= 0.6 is 7.14 Å². The first-order valence-corrected chi connectivity index (χ1v) is 15.0. The van der Waals surface area contributed by atoms with Crippen LogP contribution in [0.5, 0.6) is 0 Å². The predicted octanol–water partition coefficient (Wildman–Crippen LogP) is 3.63. The molecule has 0 spiro atoms. The first-order valence-electron chi connectivity index (χ1n) is 12.9. The number of para-hydroxylation sites is 1. The molecule has 3 aromatic rings. The van der Waals surface area contributed by atoms with Crippen molar-refractivity contribution in [1.82, 2.24) is 20.8 Å². The van der Waals surface area contributed by atoms with Crippen LogP contribution in [0.4, 0.5) is 10.3 Å². The molecule has 3 fully saturated rings. The summed E-state index contributed by atoms with van der Waals surface area (Å²) in [6.07, 6.45) is 7.45. The summed E-state index contributed by atoms with van der Waals surface area (Å²) in [4.78, 5) is 23.5. The standard InChI is InChI=1S/C27H31FN5O2P/c28-22-10-9-18(15-24-20-6-2-3-7-21(20)26(34)32-31-24)16-25(22)36(35)13-11-33(12-14-36)27-29-17-19-5-1-4-8-23(19)30-27/h1,4-5,8-10,16-17,20-21,24,31H,2-3,6-7,11-15H2,(H,32,34). The van der Waals surface area contributed by atoms with Crippen molar-refractivity contribution in [2.24, 2.45) is 11.8 Å². The maximum absolute atomic E-state index is 15.0. The fourth-order valence-electron chi connectivity index (χ4n) is 6.13. The van der Waals surface area contributed by atoms with Crippen LogP contribution in [0.2, 0.25) is 0 Å². The van der Waals surface area contributed by atoms with E-state index < -0.39 is 13.0 Å². The van der Waals surface area contributed by atoms with E-state index in [-0.39, 0.29) is 23.8 Å². The monoisotopic (exact) mass is 507 g/mol. The van der Waals surface area contributed by atoms with Crippen LogP contribution in [-0.4, -0.2) is 47.3 Å². The summed E-state index contributed by atoms with van der Waals surface area (Å²) < 4.78 is 29.0. The Balaban J connectivity index is 1.18. The number of amides is 1. The molecule has 1 amide bonds. The number of benzene rings is 2. The lowest BCUT2D eigenvalue weighted by Crippen LogP contribution is -2.60. The van der Waals surface area contributed by atoms with Gasteiger partial charge in [0.15, 0.2) is 0 Å². The molecule has 6 rings (SSSR count). The summed E-state index contributed by atoms with van der Waals surface area (Å²) in [5, 5.41) is 1.34. The van der Waals surface area contributed by atoms with Gasteiger partial charge in [-0.25, -0.2) is 19.8 Å². The summed E-state index contributed by atoms with van der Waals surface area (Å²) in [6, 6.07) is 13.0. The Bertz CT molecular complexity index is 1340. The summed E-state index contributed by atoms with van der Waals surface area (Å²) >= 11 is 0. The normalized spacial score (nSPS) is 25.9. The highest BCUT2D eigenvalue weighted by Gasteiger charge is 2.40. The predicted molar refractivity (Wildman–Crippen MR) is 139 cm³/mol. The number of carbonyl (C=O) groups excluding carboxylic acids is 1. The van der Waals surface area contributed by atoms with E-state index in [1.807, 2.05) is 41.4 Å². The van der Waals surface area contributed by atoms with E-state index in [0.29, 0.717) is 43.1 Å². The molecule has 2 aromatic carbocycles. The summed E-state index contributed by atoms with van der Waals surface area (Å²) in [7, 11) is -2.89. The van der Waals surface area contributed by atoms with E-state index in [9.17, 15) is 9.36 Å². The Labute approximate surface area is 210 Å². The number of hydrazine groups is 1. The Kier molecular flexibility index (Phi) is 6.26. The fourth-order valence-corrected chi connectivity index (χ4v) is 8.83. The van der Waals surface area contributed by atoms with Gasteiger partial charge in [-0.1, -0.05) is 37.1 Å². The zero-order valence-corrected chi connectivity index (χ0v) is 21.1. The molecule has 188 valence electrons. The SMILES string of the molecule is O=C1NNC(Cc2ccc(F)c(P3(=O)CCN(c4ncc5ccccc5n4)CC3)c2)C2CCCCC12. The summed E-state index contributed by atoms with van der Waals surface area (Å²) in [5.41, 5.74) is 7.87. The van der Waals surface area contributed by atoms with Crippen molar-refractivity contribution in [3.05, 3.63) is 60.0 Å². The van der Waals surface area contributed by atoms with Crippen LogP contribution in [0.15, 0.2) is 48.7 Å². The summed E-state index contributed by atoms with van der Waals surface area (Å²) in [6.45, 7) is 1.05. The molecule has 9 heteroatoms. The number of hydrogen-bond acceptors (Lipinski definition) is 6. The van der Waals surface area contributed by atoms with Crippen LogP contribution < -0.4 is 21.1 Å². The second-order valence-electron chi connectivity index (χ2n) is 10.3. The van der Waals surface area contributed by atoms with Gasteiger partial charge in [0.25, 0.3) is 0 Å².